The molecule has 0 unspecified atom stereocenters. The highest BCUT2D eigenvalue weighted by atomic mass is 35.5. The predicted octanol–water partition coefficient (Wildman–Crippen LogP) is 4.35. The Morgan fingerprint density at radius 3 is 2.47 bits per heavy atom. The number of nitrogens with zero attached hydrogens (tertiary/aromatic N) is 1. The average Bonchev–Trinajstić information content (AvgIpc) is 2.61. The molecule has 0 radical (unpaired) electrons. The number of rotatable bonds is 1. The molecule has 0 spiro atoms. The third-order valence-corrected chi connectivity index (χ3v) is 3.80. The molecule has 78 valence electrons. The molecule has 2 nitrogen and oxygen atoms in total. The van der Waals surface area contributed by atoms with Crippen LogP contribution in [0.2, 0.25) is 15.1 Å². The number of aromatic nitrogens is 1. The van der Waals surface area contributed by atoms with Gasteiger partial charge in [-0.3, -0.25) is 0 Å². The summed E-state index contributed by atoms with van der Waals surface area (Å²) < 4.78 is 0. The zero-order valence-corrected chi connectivity index (χ0v) is 10.4. The van der Waals surface area contributed by atoms with E-state index in [2.05, 4.69) is 4.98 Å². The van der Waals surface area contributed by atoms with Crippen LogP contribution < -0.4 is 5.73 Å². The fourth-order valence-corrected chi connectivity index (χ4v) is 2.33. The molecule has 15 heavy (non-hydrogen) atoms. The predicted molar refractivity (Wildman–Crippen MR) is 67.0 cm³/mol. The van der Waals surface area contributed by atoms with Crippen LogP contribution in [0, 0.1) is 0 Å². The number of anilines is 1. The van der Waals surface area contributed by atoms with Crippen molar-refractivity contribution in [3.05, 3.63) is 32.6 Å². The summed E-state index contributed by atoms with van der Waals surface area (Å²) in [5, 5.41) is 3.47. The van der Waals surface area contributed by atoms with E-state index in [4.69, 9.17) is 40.5 Å². The van der Waals surface area contributed by atoms with Gasteiger partial charge in [0.2, 0.25) is 0 Å². The molecule has 6 heteroatoms. The maximum absolute atomic E-state index is 6.05. The van der Waals surface area contributed by atoms with Crippen LogP contribution >= 0.6 is 46.1 Å². The first-order valence-corrected chi connectivity index (χ1v) is 5.96. The van der Waals surface area contributed by atoms with E-state index in [1.165, 1.54) is 11.3 Å². The minimum absolute atomic E-state index is 0.336. The minimum atomic E-state index is 0.336. The Kier molecular flexibility index (Phi) is 3.07. The highest BCUT2D eigenvalue weighted by molar-refractivity contribution is 7.13. The zero-order chi connectivity index (χ0) is 11.0. The Morgan fingerprint density at radius 2 is 1.87 bits per heavy atom. The summed E-state index contributed by atoms with van der Waals surface area (Å²) in [5.74, 6) is 0. The lowest BCUT2D eigenvalue weighted by Gasteiger charge is -2.04. The van der Waals surface area contributed by atoms with Crippen LogP contribution in [0.25, 0.3) is 11.3 Å². The van der Waals surface area contributed by atoms with Crippen LogP contribution in [-0.4, -0.2) is 4.98 Å². The van der Waals surface area contributed by atoms with Gasteiger partial charge in [0.05, 0.1) is 20.8 Å². The second-order valence-electron chi connectivity index (χ2n) is 2.79. The van der Waals surface area contributed by atoms with E-state index in [0.29, 0.717) is 25.9 Å². The number of thiazole rings is 1. The summed E-state index contributed by atoms with van der Waals surface area (Å²) in [6.07, 6.45) is 0. The fraction of sp³-hybridized carbons (Fsp3) is 0. The van der Waals surface area contributed by atoms with Crippen LogP contribution in [0.1, 0.15) is 0 Å². The maximum atomic E-state index is 6.05. The van der Waals surface area contributed by atoms with E-state index in [1.54, 1.807) is 12.1 Å². The maximum Gasteiger partial charge on any atom is 0.180 e. The molecule has 2 rings (SSSR count). The normalized spacial score (nSPS) is 10.6. The zero-order valence-electron chi connectivity index (χ0n) is 7.30. The highest BCUT2D eigenvalue weighted by Gasteiger charge is 2.12. The number of hydrogen-bond donors (Lipinski definition) is 1. The number of benzene rings is 1. The van der Waals surface area contributed by atoms with Crippen LogP contribution in [0.5, 0.6) is 0 Å². The summed E-state index contributed by atoms with van der Waals surface area (Å²) in [6.45, 7) is 0. The van der Waals surface area contributed by atoms with E-state index in [0.717, 1.165) is 5.56 Å². The third-order valence-electron chi connectivity index (χ3n) is 1.83. The van der Waals surface area contributed by atoms with Crippen molar-refractivity contribution >= 4 is 51.3 Å². The molecule has 0 atom stereocenters. The molecule has 0 aliphatic rings. The van der Waals surface area contributed by atoms with Crippen LogP contribution in [0.4, 0.5) is 5.13 Å². The second-order valence-corrected chi connectivity index (χ2v) is 4.85. The van der Waals surface area contributed by atoms with Gasteiger partial charge < -0.3 is 5.73 Å². The molecule has 1 aromatic carbocycles. The first kappa shape index (κ1) is 11.0. The van der Waals surface area contributed by atoms with Gasteiger partial charge in [0, 0.05) is 10.9 Å². The Hall–Kier alpha value is -0.480. The lowest BCUT2D eigenvalue weighted by molar-refractivity contribution is 1.41. The van der Waals surface area contributed by atoms with Crippen molar-refractivity contribution in [1.29, 1.82) is 0 Å². The summed E-state index contributed by atoms with van der Waals surface area (Å²) in [6, 6.07) is 3.45. The van der Waals surface area contributed by atoms with Gasteiger partial charge in [-0.15, -0.1) is 11.3 Å². The molecule has 2 aromatic rings. The molecule has 1 aromatic heterocycles. The van der Waals surface area contributed by atoms with Gasteiger partial charge >= 0.3 is 0 Å². The first-order valence-electron chi connectivity index (χ1n) is 3.94. The van der Waals surface area contributed by atoms with Crippen LogP contribution in [0.15, 0.2) is 17.5 Å². The van der Waals surface area contributed by atoms with Crippen molar-refractivity contribution in [1.82, 2.24) is 4.98 Å². The van der Waals surface area contributed by atoms with Gasteiger partial charge in [-0.05, 0) is 12.1 Å². The topological polar surface area (TPSA) is 38.9 Å². The van der Waals surface area contributed by atoms with E-state index in [1.807, 2.05) is 5.38 Å². The molecule has 0 fully saturated rings. The van der Waals surface area contributed by atoms with Gasteiger partial charge in [0.1, 0.15) is 0 Å². The summed E-state index contributed by atoms with van der Waals surface area (Å²) in [4.78, 5) is 4.12. The fourth-order valence-electron chi connectivity index (χ4n) is 1.14. The molecule has 0 aliphatic carbocycles. The number of hydrogen-bond acceptors (Lipinski definition) is 3. The van der Waals surface area contributed by atoms with E-state index in [9.17, 15) is 0 Å². The number of halogens is 3. The lowest BCUT2D eigenvalue weighted by Crippen LogP contribution is -1.84. The van der Waals surface area contributed by atoms with Gasteiger partial charge in [-0.1, -0.05) is 34.8 Å². The molecule has 0 bridgehead atoms. The standard InChI is InChI=1S/C9H5Cl3N2S/c10-5-2-1-4(7(11)8(5)12)6-3-15-9(13)14-6/h1-3H,(H2,13,14). The lowest BCUT2D eigenvalue weighted by atomic mass is 10.2. The summed E-state index contributed by atoms with van der Waals surface area (Å²) in [5.41, 5.74) is 6.98. The molecular formula is C9H5Cl3N2S. The van der Waals surface area contributed by atoms with Crippen molar-refractivity contribution in [2.45, 2.75) is 0 Å². The monoisotopic (exact) mass is 278 g/mol. The molecule has 0 amide bonds. The van der Waals surface area contributed by atoms with Crippen molar-refractivity contribution in [2.24, 2.45) is 0 Å². The van der Waals surface area contributed by atoms with Crippen molar-refractivity contribution in [2.75, 3.05) is 5.73 Å². The van der Waals surface area contributed by atoms with E-state index >= 15 is 0 Å². The molecular weight excluding hydrogens is 275 g/mol. The van der Waals surface area contributed by atoms with Crippen molar-refractivity contribution in [3.63, 3.8) is 0 Å². The molecule has 0 saturated carbocycles. The van der Waals surface area contributed by atoms with E-state index in [-0.39, 0.29) is 0 Å². The first-order chi connectivity index (χ1) is 7.09. The van der Waals surface area contributed by atoms with E-state index < -0.39 is 0 Å². The molecule has 0 saturated heterocycles. The Morgan fingerprint density at radius 1 is 1.13 bits per heavy atom. The van der Waals surface area contributed by atoms with Gasteiger partial charge in [0.15, 0.2) is 5.13 Å². The SMILES string of the molecule is Nc1nc(-c2ccc(Cl)c(Cl)c2Cl)cs1. The quantitative estimate of drug-likeness (QED) is 0.788. The number of nitrogen functional groups attached to an aromatic ring is 1. The Balaban J connectivity index is 2.59. The molecule has 0 aliphatic heterocycles. The van der Waals surface area contributed by atoms with Gasteiger partial charge in [-0.25, -0.2) is 4.98 Å². The van der Waals surface area contributed by atoms with Crippen molar-refractivity contribution < 1.29 is 0 Å². The second kappa shape index (κ2) is 4.18. The van der Waals surface area contributed by atoms with Crippen LogP contribution in [0.3, 0.4) is 0 Å². The van der Waals surface area contributed by atoms with Crippen LogP contribution in [-0.2, 0) is 0 Å². The largest absolute Gasteiger partial charge is 0.375 e. The van der Waals surface area contributed by atoms with Gasteiger partial charge in [-0.2, -0.15) is 0 Å². The highest BCUT2D eigenvalue weighted by Crippen LogP contribution is 2.38. The average molecular weight is 280 g/mol. The summed E-state index contributed by atoms with van der Waals surface area (Å²) in [7, 11) is 0. The Labute approximate surface area is 106 Å². The molecule has 2 N–H and O–H groups in total. The number of nitrogens with two attached hydrogens (primary N) is 1. The third kappa shape index (κ3) is 2.06. The van der Waals surface area contributed by atoms with Gasteiger partial charge in [0.25, 0.3) is 0 Å². The molecule has 1 heterocycles. The summed E-state index contributed by atoms with van der Waals surface area (Å²) >= 11 is 19.1. The smallest absolute Gasteiger partial charge is 0.180 e. The van der Waals surface area contributed by atoms with Crippen molar-refractivity contribution in [3.8, 4) is 11.3 Å². The Bertz CT molecular complexity index is 510. The minimum Gasteiger partial charge on any atom is -0.375 e.